The van der Waals surface area contributed by atoms with Gasteiger partial charge in [-0.1, -0.05) is 70.7 Å². The largest absolute Gasteiger partial charge is 0.489 e. The van der Waals surface area contributed by atoms with Crippen LogP contribution in [0.5, 0.6) is 5.75 Å². The Labute approximate surface area is 173 Å². The number of ether oxygens (including phenoxy) is 1. The molecule has 0 spiro atoms. The van der Waals surface area contributed by atoms with Gasteiger partial charge in [0.25, 0.3) is 0 Å². The third-order valence-electron chi connectivity index (χ3n) is 5.97. The van der Waals surface area contributed by atoms with E-state index in [1.165, 1.54) is 11.1 Å². The van der Waals surface area contributed by atoms with Crippen molar-refractivity contribution in [1.29, 1.82) is 0 Å². The Morgan fingerprint density at radius 2 is 1.62 bits per heavy atom. The first-order valence-corrected chi connectivity index (χ1v) is 10.1. The highest BCUT2D eigenvalue weighted by Crippen LogP contribution is 2.47. The smallest absolute Gasteiger partial charge is 0.336 e. The lowest BCUT2D eigenvalue weighted by Crippen LogP contribution is -2.34. The fourth-order valence-electron chi connectivity index (χ4n) is 4.03. The van der Waals surface area contributed by atoms with Crippen molar-refractivity contribution in [2.24, 2.45) is 0 Å². The molecule has 0 fully saturated rings. The van der Waals surface area contributed by atoms with Crippen molar-refractivity contribution in [1.82, 2.24) is 0 Å². The highest BCUT2D eigenvalue weighted by atomic mass is 16.5. The van der Waals surface area contributed by atoms with Crippen molar-refractivity contribution in [3.8, 4) is 5.75 Å². The first-order chi connectivity index (χ1) is 13.7. The molecule has 152 valence electrons. The molecular formula is C26H30O3. The monoisotopic (exact) mass is 390 g/mol. The van der Waals surface area contributed by atoms with Crippen LogP contribution in [0, 0.1) is 0 Å². The van der Waals surface area contributed by atoms with Crippen LogP contribution in [0.15, 0.2) is 49.1 Å². The van der Waals surface area contributed by atoms with Gasteiger partial charge in [0.15, 0.2) is 0 Å². The van der Waals surface area contributed by atoms with Gasteiger partial charge in [-0.05, 0) is 58.6 Å². The highest BCUT2D eigenvalue weighted by molar-refractivity contribution is 5.93. The molecule has 1 aliphatic carbocycles. The second-order valence-electron chi connectivity index (χ2n) is 9.03. The molecule has 0 saturated carbocycles. The minimum absolute atomic E-state index is 0.0867. The molecule has 3 nitrogen and oxygen atoms in total. The van der Waals surface area contributed by atoms with E-state index in [1.807, 2.05) is 24.3 Å². The van der Waals surface area contributed by atoms with E-state index < -0.39 is 5.97 Å². The molecule has 0 radical (unpaired) electrons. The number of hydrogen-bond acceptors (Lipinski definition) is 2. The highest BCUT2D eigenvalue weighted by Gasteiger charge is 2.37. The Kier molecular flexibility index (Phi) is 5.70. The molecule has 0 bridgehead atoms. The molecule has 3 heteroatoms. The lowest BCUT2D eigenvalue weighted by molar-refractivity contribution is 0.0696. The summed E-state index contributed by atoms with van der Waals surface area (Å²) in [4.78, 5) is 11.5. The van der Waals surface area contributed by atoms with Crippen molar-refractivity contribution in [3.05, 3.63) is 76.9 Å². The van der Waals surface area contributed by atoms with Crippen molar-refractivity contribution < 1.29 is 14.6 Å². The Morgan fingerprint density at radius 1 is 1.03 bits per heavy atom. The van der Waals surface area contributed by atoms with E-state index in [2.05, 4.69) is 46.4 Å². The molecule has 2 aromatic rings. The molecule has 1 aliphatic rings. The summed E-state index contributed by atoms with van der Waals surface area (Å²) in [5, 5.41) is 9.45. The van der Waals surface area contributed by atoms with Crippen LogP contribution < -0.4 is 4.74 Å². The van der Waals surface area contributed by atoms with Crippen LogP contribution in [0.2, 0.25) is 0 Å². The predicted molar refractivity (Wildman–Crippen MR) is 120 cm³/mol. The number of carboxylic acid groups (broad SMARTS) is 1. The van der Waals surface area contributed by atoms with Crippen LogP contribution in [-0.2, 0) is 10.8 Å². The normalized spacial score (nSPS) is 17.0. The molecule has 29 heavy (non-hydrogen) atoms. The van der Waals surface area contributed by atoms with Crippen LogP contribution in [0.4, 0.5) is 0 Å². The van der Waals surface area contributed by atoms with Crippen molar-refractivity contribution >= 4 is 18.1 Å². The second kappa shape index (κ2) is 7.90. The average Bonchev–Trinajstić information content (AvgIpc) is 2.68. The van der Waals surface area contributed by atoms with Gasteiger partial charge in [-0.15, -0.1) is 0 Å². The zero-order chi connectivity index (χ0) is 21.2. The van der Waals surface area contributed by atoms with Crippen LogP contribution in [-0.4, -0.2) is 17.7 Å². The van der Waals surface area contributed by atoms with Crippen molar-refractivity contribution in [2.75, 3.05) is 6.61 Å². The summed E-state index contributed by atoms with van der Waals surface area (Å²) in [7, 11) is 0. The summed E-state index contributed by atoms with van der Waals surface area (Å²) in [6.07, 6.45) is 7.81. The minimum atomic E-state index is -0.929. The van der Waals surface area contributed by atoms with Gasteiger partial charge < -0.3 is 9.84 Å². The quantitative estimate of drug-likeness (QED) is 0.454. The maximum Gasteiger partial charge on any atom is 0.336 e. The van der Waals surface area contributed by atoms with Crippen LogP contribution >= 0.6 is 0 Å². The molecule has 0 amide bonds. The van der Waals surface area contributed by atoms with E-state index in [1.54, 1.807) is 18.2 Å². The number of benzene rings is 2. The number of aromatic carboxylic acids is 1. The van der Waals surface area contributed by atoms with Gasteiger partial charge in [-0.25, -0.2) is 4.79 Å². The van der Waals surface area contributed by atoms with Gasteiger partial charge in [0.05, 0.1) is 5.56 Å². The molecule has 0 unspecified atom stereocenters. The summed E-state index contributed by atoms with van der Waals surface area (Å²) in [6, 6.07) is 11.4. The van der Waals surface area contributed by atoms with E-state index >= 15 is 0 Å². The lowest BCUT2D eigenvalue weighted by atomic mass is 9.63. The average molecular weight is 391 g/mol. The molecule has 1 N–H and O–H groups in total. The Hall–Kier alpha value is -2.81. The fourth-order valence-corrected chi connectivity index (χ4v) is 4.03. The summed E-state index contributed by atoms with van der Waals surface area (Å²) < 4.78 is 5.99. The van der Waals surface area contributed by atoms with Gasteiger partial charge in [0.1, 0.15) is 12.4 Å². The first kappa shape index (κ1) is 20.9. The van der Waals surface area contributed by atoms with E-state index in [0.717, 1.165) is 24.2 Å². The lowest BCUT2D eigenvalue weighted by Gasteiger charge is -2.42. The van der Waals surface area contributed by atoms with E-state index in [4.69, 9.17) is 4.74 Å². The standard InChI is InChI=1S/C26H30O3/c1-6-15-29-23-17-22-21(25(2,3)13-14-26(22,4)5)16-19(23)12-11-18-9-7-8-10-20(18)24(27)28/h6-12,16-17H,1,13-15H2,2-5H3,(H,27,28). The number of carbonyl (C=O) groups is 1. The minimum Gasteiger partial charge on any atom is -0.489 e. The number of carboxylic acids is 1. The van der Waals surface area contributed by atoms with Gasteiger partial charge in [0.2, 0.25) is 0 Å². The molecule has 3 rings (SSSR count). The zero-order valence-electron chi connectivity index (χ0n) is 17.8. The molecule has 2 aromatic carbocycles. The summed E-state index contributed by atoms with van der Waals surface area (Å²) in [5.41, 5.74) is 4.76. The summed E-state index contributed by atoms with van der Waals surface area (Å²) >= 11 is 0. The maximum atomic E-state index is 11.5. The summed E-state index contributed by atoms with van der Waals surface area (Å²) in [5.74, 6) is -0.125. The van der Waals surface area contributed by atoms with Gasteiger partial charge in [-0.2, -0.15) is 0 Å². The van der Waals surface area contributed by atoms with E-state index in [-0.39, 0.29) is 16.4 Å². The van der Waals surface area contributed by atoms with Gasteiger partial charge in [-0.3, -0.25) is 0 Å². The zero-order valence-corrected chi connectivity index (χ0v) is 17.8. The third-order valence-corrected chi connectivity index (χ3v) is 5.97. The van der Waals surface area contributed by atoms with Crippen LogP contribution in [0.25, 0.3) is 12.2 Å². The van der Waals surface area contributed by atoms with Gasteiger partial charge in [0, 0.05) is 5.56 Å². The van der Waals surface area contributed by atoms with E-state index in [0.29, 0.717) is 12.2 Å². The third kappa shape index (κ3) is 4.29. The van der Waals surface area contributed by atoms with Crippen LogP contribution in [0.3, 0.4) is 0 Å². The first-order valence-electron chi connectivity index (χ1n) is 10.1. The number of fused-ring (bicyclic) bond motifs is 1. The SMILES string of the molecule is C=CCOc1cc2c(cc1C=Cc1ccccc1C(=O)O)C(C)(C)CCC2(C)C. The molecular weight excluding hydrogens is 360 g/mol. The molecule has 0 heterocycles. The molecule has 0 aromatic heterocycles. The number of hydrogen-bond donors (Lipinski definition) is 1. The second-order valence-corrected chi connectivity index (χ2v) is 9.03. The number of rotatable bonds is 6. The molecule has 0 saturated heterocycles. The van der Waals surface area contributed by atoms with Crippen molar-refractivity contribution in [3.63, 3.8) is 0 Å². The Morgan fingerprint density at radius 3 is 2.24 bits per heavy atom. The molecule has 0 atom stereocenters. The van der Waals surface area contributed by atoms with Gasteiger partial charge >= 0.3 is 5.97 Å². The van der Waals surface area contributed by atoms with E-state index in [9.17, 15) is 9.90 Å². The predicted octanol–water partition coefficient (Wildman–Crippen LogP) is 6.47. The Bertz CT molecular complexity index is 964. The van der Waals surface area contributed by atoms with Crippen LogP contribution in [0.1, 0.15) is 73.1 Å². The summed E-state index contributed by atoms with van der Waals surface area (Å²) in [6.45, 7) is 13.3. The Balaban J connectivity index is 2.13. The maximum absolute atomic E-state index is 11.5. The topological polar surface area (TPSA) is 46.5 Å². The van der Waals surface area contributed by atoms with Crippen molar-refractivity contribution in [2.45, 2.75) is 51.4 Å². The fraction of sp³-hybridized carbons (Fsp3) is 0.346. The molecule has 0 aliphatic heterocycles.